The molecule has 1 N–H and O–H groups in total. The van der Waals surface area contributed by atoms with Gasteiger partial charge in [0.25, 0.3) is 10.0 Å². The minimum absolute atomic E-state index is 0.0785. The molecule has 4 rings (SSSR count). The molecule has 0 aliphatic heterocycles. The smallest absolute Gasteiger partial charge is 0.264 e. The number of sulfonamides is 1. The molecule has 4 aromatic rings. The summed E-state index contributed by atoms with van der Waals surface area (Å²) >= 11 is 3.51. The van der Waals surface area contributed by atoms with Gasteiger partial charge in [-0.1, -0.05) is 89.4 Å². The van der Waals surface area contributed by atoms with Crippen molar-refractivity contribution in [2.45, 2.75) is 50.6 Å². The minimum atomic E-state index is -4.31. The second-order valence-corrected chi connectivity index (χ2v) is 14.1. The third-order valence-corrected chi connectivity index (χ3v) is 10.1. The molecule has 11 heteroatoms. The quantitative estimate of drug-likeness (QED) is 0.131. The monoisotopic (exact) mass is 735 g/mol. The van der Waals surface area contributed by atoms with Gasteiger partial charge in [0, 0.05) is 30.0 Å². The molecule has 0 spiro atoms. The van der Waals surface area contributed by atoms with Crippen molar-refractivity contribution in [2.24, 2.45) is 0 Å². The highest BCUT2D eigenvalue weighted by Crippen LogP contribution is 2.32. The molecule has 254 valence electrons. The summed E-state index contributed by atoms with van der Waals surface area (Å²) in [5.41, 5.74) is 2.88. The van der Waals surface area contributed by atoms with E-state index in [2.05, 4.69) is 21.2 Å². The molecule has 9 nitrogen and oxygen atoms in total. The first-order valence-electron chi connectivity index (χ1n) is 15.7. The molecule has 0 saturated heterocycles. The summed E-state index contributed by atoms with van der Waals surface area (Å²) in [4.78, 5) is 29.9. The lowest BCUT2D eigenvalue weighted by molar-refractivity contribution is -0.140. The number of benzene rings is 4. The maximum absolute atomic E-state index is 14.6. The third-order valence-electron chi connectivity index (χ3n) is 7.89. The van der Waals surface area contributed by atoms with Crippen molar-refractivity contribution < 1.29 is 27.5 Å². The van der Waals surface area contributed by atoms with Crippen LogP contribution >= 0.6 is 15.9 Å². The Bertz CT molecular complexity index is 1780. The van der Waals surface area contributed by atoms with Crippen molar-refractivity contribution in [3.8, 4) is 11.5 Å². The van der Waals surface area contributed by atoms with Crippen molar-refractivity contribution in [2.75, 3.05) is 31.6 Å². The third kappa shape index (κ3) is 9.38. The van der Waals surface area contributed by atoms with Crippen LogP contribution < -0.4 is 19.1 Å². The largest absolute Gasteiger partial charge is 0.493 e. The Balaban J connectivity index is 1.81. The highest BCUT2D eigenvalue weighted by molar-refractivity contribution is 9.10. The Kier molecular flexibility index (Phi) is 13.0. The van der Waals surface area contributed by atoms with Gasteiger partial charge in [0.15, 0.2) is 11.5 Å². The summed E-state index contributed by atoms with van der Waals surface area (Å²) in [6.07, 6.45) is 1.92. The second-order valence-electron chi connectivity index (χ2n) is 11.4. The number of carbonyl (C=O) groups excluding carboxylic acids is 2. The highest BCUT2D eigenvalue weighted by atomic mass is 79.9. The molecule has 0 aromatic heterocycles. The zero-order valence-electron chi connectivity index (χ0n) is 27.7. The molecule has 2 amide bonds. The lowest BCUT2D eigenvalue weighted by Gasteiger charge is -2.34. The van der Waals surface area contributed by atoms with E-state index >= 15 is 0 Å². The van der Waals surface area contributed by atoms with Crippen LogP contribution in [0.3, 0.4) is 0 Å². The molecule has 0 bridgehead atoms. The van der Waals surface area contributed by atoms with Crippen LogP contribution in [-0.2, 0) is 32.6 Å². The van der Waals surface area contributed by atoms with Crippen molar-refractivity contribution in [1.29, 1.82) is 0 Å². The summed E-state index contributed by atoms with van der Waals surface area (Å²) in [5, 5.41) is 3.01. The minimum Gasteiger partial charge on any atom is -0.493 e. The van der Waals surface area contributed by atoms with Gasteiger partial charge in [-0.2, -0.15) is 0 Å². The number of ether oxygens (including phenoxy) is 2. The lowest BCUT2D eigenvalue weighted by Crippen LogP contribution is -2.53. The number of halogens is 1. The molecule has 0 fully saturated rings. The fourth-order valence-electron chi connectivity index (χ4n) is 5.24. The van der Waals surface area contributed by atoms with E-state index in [1.807, 2.05) is 68.4 Å². The maximum Gasteiger partial charge on any atom is 0.264 e. The van der Waals surface area contributed by atoms with Crippen molar-refractivity contribution >= 4 is 43.5 Å². The fourth-order valence-corrected chi connectivity index (χ4v) is 7.11. The van der Waals surface area contributed by atoms with Gasteiger partial charge in [0.2, 0.25) is 11.8 Å². The zero-order chi connectivity index (χ0) is 34.7. The van der Waals surface area contributed by atoms with Crippen LogP contribution in [0, 0.1) is 6.92 Å². The number of nitrogens with one attached hydrogen (secondary N) is 1. The maximum atomic E-state index is 14.6. The van der Waals surface area contributed by atoms with E-state index in [4.69, 9.17) is 9.47 Å². The van der Waals surface area contributed by atoms with Crippen LogP contribution in [0.4, 0.5) is 5.69 Å². The van der Waals surface area contributed by atoms with Gasteiger partial charge in [-0.15, -0.1) is 0 Å². The molecule has 4 aromatic carbocycles. The molecule has 0 heterocycles. The number of hydrogen-bond acceptors (Lipinski definition) is 6. The molecule has 48 heavy (non-hydrogen) atoms. The topological polar surface area (TPSA) is 105 Å². The Morgan fingerprint density at radius 3 is 2.19 bits per heavy atom. The van der Waals surface area contributed by atoms with Gasteiger partial charge < -0.3 is 19.7 Å². The SMILES string of the molecule is CCCCNC(=O)[C@@H](Cc1ccccc1)N(Cc1cccc(Br)c1)C(=O)CN(c1ccc(C)cc1)S(=O)(=O)c1ccc(OC)c(OC)c1. The highest BCUT2D eigenvalue weighted by Gasteiger charge is 2.35. The zero-order valence-corrected chi connectivity index (χ0v) is 30.1. The molecule has 0 aliphatic rings. The number of rotatable bonds is 16. The Morgan fingerprint density at radius 2 is 1.54 bits per heavy atom. The number of amides is 2. The lowest BCUT2D eigenvalue weighted by atomic mass is 10.0. The Hall–Kier alpha value is -4.35. The van der Waals surface area contributed by atoms with E-state index in [0.29, 0.717) is 18.0 Å². The first-order valence-corrected chi connectivity index (χ1v) is 18.0. The Morgan fingerprint density at radius 1 is 0.854 bits per heavy atom. The number of nitrogens with zero attached hydrogens (tertiary/aromatic N) is 2. The molecular weight excluding hydrogens is 694 g/mol. The van der Waals surface area contributed by atoms with Crippen LogP contribution in [0.15, 0.2) is 106 Å². The fraction of sp³-hybridized carbons (Fsp3) is 0.297. The van der Waals surface area contributed by atoms with Crippen LogP contribution in [0.2, 0.25) is 0 Å². The van der Waals surface area contributed by atoms with E-state index in [1.54, 1.807) is 24.3 Å². The van der Waals surface area contributed by atoms with Crippen molar-refractivity contribution in [3.05, 3.63) is 118 Å². The van der Waals surface area contributed by atoms with E-state index in [0.717, 1.165) is 38.3 Å². The predicted molar refractivity (Wildman–Crippen MR) is 192 cm³/mol. The van der Waals surface area contributed by atoms with E-state index < -0.39 is 28.5 Å². The van der Waals surface area contributed by atoms with E-state index in [1.165, 1.54) is 37.3 Å². The van der Waals surface area contributed by atoms with Crippen LogP contribution in [0.25, 0.3) is 0 Å². The van der Waals surface area contributed by atoms with Crippen molar-refractivity contribution in [3.63, 3.8) is 0 Å². The predicted octanol–water partition coefficient (Wildman–Crippen LogP) is 6.53. The van der Waals surface area contributed by atoms with Crippen LogP contribution in [0.5, 0.6) is 11.5 Å². The average Bonchev–Trinajstić information content (AvgIpc) is 3.09. The van der Waals surface area contributed by atoms with Crippen LogP contribution in [0.1, 0.15) is 36.5 Å². The summed E-state index contributed by atoms with van der Waals surface area (Å²) in [5.74, 6) is -0.240. The normalized spacial score (nSPS) is 11.8. The van der Waals surface area contributed by atoms with Gasteiger partial charge in [-0.05, 0) is 60.9 Å². The molecule has 1 atom stereocenters. The van der Waals surface area contributed by atoms with Crippen LogP contribution in [-0.4, -0.2) is 58.5 Å². The van der Waals surface area contributed by atoms with Crippen molar-refractivity contribution in [1.82, 2.24) is 10.2 Å². The summed E-state index contributed by atoms with van der Waals surface area (Å²) in [6, 6.07) is 27.3. The molecule has 0 unspecified atom stereocenters. The summed E-state index contributed by atoms with van der Waals surface area (Å²) in [7, 11) is -1.42. The molecule has 0 aliphatic carbocycles. The molecule has 0 saturated carbocycles. The average molecular weight is 737 g/mol. The number of unbranched alkanes of at least 4 members (excludes halogenated alkanes) is 1. The molecule has 0 radical (unpaired) electrons. The first kappa shape index (κ1) is 36.5. The van der Waals surface area contributed by atoms with E-state index in [-0.39, 0.29) is 29.5 Å². The number of aryl methyl sites for hydroxylation is 1. The number of carbonyl (C=O) groups is 2. The van der Waals surface area contributed by atoms with Gasteiger partial charge >= 0.3 is 0 Å². The van der Waals surface area contributed by atoms with E-state index in [9.17, 15) is 18.0 Å². The summed E-state index contributed by atoms with van der Waals surface area (Å²) in [6.45, 7) is 3.92. The Labute approximate surface area is 292 Å². The molecular formula is C37H42BrN3O6S. The summed E-state index contributed by atoms with van der Waals surface area (Å²) < 4.78 is 41.4. The standard InChI is InChI=1S/C37H42BrN3O6S/c1-5-6-21-39-37(43)33(23-28-11-8-7-9-12-28)40(25-29-13-10-14-30(38)22-29)36(42)26-41(31-17-15-27(2)16-18-31)48(44,45)32-19-20-34(46-3)35(24-32)47-4/h7-20,22,24,33H,5-6,21,23,25-26H2,1-4H3,(H,39,43)/t33-/m1/s1. The first-order chi connectivity index (χ1) is 23.1. The van der Waals surface area contributed by atoms with Gasteiger partial charge in [-0.3, -0.25) is 13.9 Å². The number of anilines is 1. The second kappa shape index (κ2) is 17.2. The number of hydrogen-bond donors (Lipinski definition) is 1. The van der Waals surface area contributed by atoms with Gasteiger partial charge in [0.1, 0.15) is 12.6 Å². The van der Waals surface area contributed by atoms with Gasteiger partial charge in [0.05, 0.1) is 24.8 Å². The number of methoxy groups -OCH3 is 2. The van der Waals surface area contributed by atoms with Gasteiger partial charge in [-0.25, -0.2) is 8.42 Å².